The molecule has 2 rings (SSSR count). The van der Waals surface area contributed by atoms with Gasteiger partial charge in [-0.05, 0) is 44.0 Å². The zero-order valence-corrected chi connectivity index (χ0v) is 12.9. The number of hydrogen-bond donors (Lipinski definition) is 1. The number of carbonyl (C=O) groups is 1. The Bertz CT molecular complexity index is 737. The first-order valence-electron chi connectivity index (χ1n) is 6.64. The number of carbonyl (C=O) groups excluding carboxylic acids is 1. The van der Waals surface area contributed by atoms with Gasteiger partial charge in [0.2, 0.25) is 5.91 Å². The molecule has 0 aliphatic heterocycles. The van der Waals surface area contributed by atoms with Crippen LogP contribution in [0.15, 0.2) is 41.3 Å². The maximum atomic E-state index is 12.3. The van der Waals surface area contributed by atoms with Gasteiger partial charge < -0.3 is 9.88 Å². The van der Waals surface area contributed by atoms with Crippen molar-refractivity contribution in [1.82, 2.24) is 4.57 Å². The molecule has 4 nitrogen and oxygen atoms in total. The molecule has 1 unspecified atom stereocenters. The van der Waals surface area contributed by atoms with Gasteiger partial charge in [-0.15, -0.1) is 0 Å². The number of amides is 1. The van der Waals surface area contributed by atoms with Gasteiger partial charge >= 0.3 is 0 Å². The van der Waals surface area contributed by atoms with Gasteiger partial charge in [0, 0.05) is 18.0 Å². The average Bonchev–Trinajstić information content (AvgIpc) is 2.44. The number of benzene rings is 1. The summed E-state index contributed by atoms with van der Waals surface area (Å²) in [7, 11) is 0. The monoisotopic (exact) mass is 304 g/mol. The van der Waals surface area contributed by atoms with Crippen molar-refractivity contribution in [3.05, 3.63) is 63.0 Å². The zero-order chi connectivity index (χ0) is 15.6. The van der Waals surface area contributed by atoms with E-state index >= 15 is 0 Å². The molecular formula is C16H17ClN2O2. The van der Waals surface area contributed by atoms with E-state index in [0.717, 1.165) is 16.8 Å². The van der Waals surface area contributed by atoms with E-state index in [-0.39, 0.29) is 11.5 Å². The molecule has 110 valence electrons. The van der Waals surface area contributed by atoms with Crippen molar-refractivity contribution in [1.29, 1.82) is 0 Å². The Hall–Kier alpha value is -2.07. The van der Waals surface area contributed by atoms with E-state index in [4.69, 9.17) is 11.6 Å². The molecule has 1 atom stereocenters. The first-order chi connectivity index (χ1) is 9.88. The van der Waals surface area contributed by atoms with Gasteiger partial charge in [-0.25, -0.2) is 0 Å². The Kier molecular flexibility index (Phi) is 4.48. The fraction of sp³-hybridized carbons (Fsp3) is 0.250. The van der Waals surface area contributed by atoms with E-state index in [1.807, 2.05) is 32.0 Å². The molecule has 21 heavy (non-hydrogen) atoms. The molecule has 5 heteroatoms. The fourth-order valence-corrected chi connectivity index (χ4v) is 2.18. The van der Waals surface area contributed by atoms with Crippen LogP contribution in [0.1, 0.15) is 24.1 Å². The molecule has 0 spiro atoms. The topological polar surface area (TPSA) is 51.1 Å². The van der Waals surface area contributed by atoms with E-state index in [1.165, 1.54) is 22.9 Å². The van der Waals surface area contributed by atoms with E-state index in [2.05, 4.69) is 5.32 Å². The van der Waals surface area contributed by atoms with Crippen LogP contribution < -0.4 is 10.9 Å². The number of rotatable bonds is 3. The van der Waals surface area contributed by atoms with Crippen LogP contribution in [0.4, 0.5) is 5.69 Å². The van der Waals surface area contributed by atoms with Gasteiger partial charge in [0.25, 0.3) is 5.56 Å². The molecule has 2 aromatic rings. The zero-order valence-electron chi connectivity index (χ0n) is 12.2. The summed E-state index contributed by atoms with van der Waals surface area (Å²) >= 11 is 5.88. The van der Waals surface area contributed by atoms with Crippen LogP contribution in [0.25, 0.3) is 0 Å². The summed E-state index contributed by atoms with van der Waals surface area (Å²) in [5, 5.41) is 3.27. The minimum Gasteiger partial charge on any atom is -0.324 e. The average molecular weight is 305 g/mol. The number of aryl methyl sites for hydroxylation is 2. The number of hydrogen-bond acceptors (Lipinski definition) is 2. The molecule has 0 bridgehead atoms. The summed E-state index contributed by atoms with van der Waals surface area (Å²) in [4.78, 5) is 24.1. The highest BCUT2D eigenvalue weighted by Gasteiger charge is 2.17. The van der Waals surface area contributed by atoms with Gasteiger partial charge in [0.05, 0.1) is 5.02 Å². The molecular weight excluding hydrogens is 288 g/mol. The number of pyridine rings is 1. The predicted octanol–water partition coefficient (Wildman–Crippen LogP) is 3.32. The Morgan fingerprint density at radius 2 is 1.95 bits per heavy atom. The normalized spacial score (nSPS) is 12.0. The lowest BCUT2D eigenvalue weighted by atomic mass is 10.1. The molecule has 1 amide bonds. The van der Waals surface area contributed by atoms with Crippen LogP contribution in [0, 0.1) is 13.8 Å². The minimum absolute atomic E-state index is 0.256. The molecule has 0 saturated heterocycles. The second-order valence-electron chi connectivity index (χ2n) is 5.08. The molecule has 1 aromatic carbocycles. The number of aromatic nitrogens is 1. The van der Waals surface area contributed by atoms with Crippen molar-refractivity contribution >= 4 is 23.2 Å². The van der Waals surface area contributed by atoms with Crippen molar-refractivity contribution in [3.63, 3.8) is 0 Å². The van der Waals surface area contributed by atoms with Gasteiger partial charge in [0.1, 0.15) is 6.04 Å². The predicted molar refractivity (Wildman–Crippen MR) is 85.0 cm³/mol. The van der Waals surface area contributed by atoms with Crippen molar-refractivity contribution < 1.29 is 4.79 Å². The molecule has 1 heterocycles. The lowest BCUT2D eigenvalue weighted by molar-refractivity contribution is -0.118. The Balaban J connectivity index is 2.25. The van der Waals surface area contributed by atoms with Crippen LogP contribution in [0.3, 0.4) is 0 Å². The third-order valence-electron chi connectivity index (χ3n) is 3.35. The first kappa shape index (κ1) is 15.3. The second-order valence-corrected chi connectivity index (χ2v) is 5.51. The fourth-order valence-electron chi connectivity index (χ4n) is 2.01. The van der Waals surface area contributed by atoms with Crippen molar-refractivity contribution in [2.24, 2.45) is 0 Å². The Morgan fingerprint density at radius 1 is 1.24 bits per heavy atom. The Labute approximate surface area is 128 Å². The molecule has 0 radical (unpaired) electrons. The Morgan fingerprint density at radius 3 is 2.67 bits per heavy atom. The molecule has 0 aliphatic rings. The third-order valence-corrected chi connectivity index (χ3v) is 3.57. The van der Waals surface area contributed by atoms with Crippen molar-refractivity contribution in [2.45, 2.75) is 26.8 Å². The maximum Gasteiger partial charge on any atom is 0.251 e. The SMILES string of the molecule is Cc1ccc(C)c(NC(=O)C(C)n2cc(Cl)ccc2=O)c1. The van der Waals surface area contributed by atoms with Gasteiger partial charge in [0.15, 0.2) is 0 Å². The van der Waals surface area contributed by atoms with Gasteiger partial charge in [-0.1, -0.05) is 23.7 Å². The van der Waals surface area contributed by atoms with Crippen LogP contribution in [-0.4, -0.2) is 10.5 Å². The minimum atomic E-state index is -0.642. The standard InChI is InChI=1S/C16H17ClN2O2/c1-10-4-5-11(2)14(8-10)18-16(21)12(3)19-9-13(17)6-7-15(19)20/h4-9,12H,1-3H3,(H,18,21). The number of anilines is 1. The molecule has 0 fully saturated rings. The molecule has 1 aromatic heterocycles. The largest absolute Gasteiger partial charge is 0.324 e. The van der Waals surface area contributed by atoms with Crippen LogP contribution in [0.5, 0.6) is 0 Å². The summed E-state index contributed by atoms with van der Waals surface area (Å²) in [5.74, 6) is -0.256. The quantitative estimate of drug-likeness (QED) is 0.945. The van der Waals surface area contributed by atoms with Crippen molar-refractivity contribution in [3.8, 4) is 0 Å². The van der Waals surface area contributed by atoms with Crippen molar-refractivity contribution in [2.75, 3.05) is 5.32 Å². The smallest absolute Gasteiger partial charge is 0.251 e. The summed E-state index contributed by atoms with van der Waals surface area (Å²) in [6.45, 7) is 5.55. The lowest BCUT2D eigenvalue weighted by Gasteiger charge is -2.16. The third kappa shape index (κ3) is 3.52. The van der Waals surface area contributed by atoms with Crippen LogP contribution >= 0.6 is 11.6 Å². The second kappa shape index (κ2) is 6.14. The van der Waals surface area contributed by atoms with Gasteiger partial charge in [-0.2, -0.15) is 0 Å². The van der Waals surface area contributed by atoms with Gasteiger partial charge in [-0.3, -0.25) is 9.59 Å². The molecule has 0 aliphatic carbocycles. The summed E-state index contributed by atoms with van der Waals surface area (Å²) in [5.41, 5.74) is 2.52. The van der Waals surface area contributed by atoms with Crippen LogP contribution in [0.2, 0.25) is 5.02 Å². The highest BCUT2D eigenvalue weighted by molar-refractivity contribution is 6.30. The molecule has 0 saturated carbocycles. The van der Waals surface area contributed by atoms with E-state index in [0.29, 0.717) is 5.02 Å². The van der Waals surface area contributed by atoms with Crippen LogP contribution in [-0.2, 0) is 4.79 Å². The summed E-state index contributed by atoms with van der Waals surface area (Å²) in [6, 6.07) is 8.05. The summed E-state index contributed by atoms with van der Waals surface area (Å²) < 4.78 is 1.32. The number of halogens is 1. The van der Waals surface area contributed by atoms with E-state index in [1.54, 1.807) is 6.92 Å². The maximum absolute atomic E-state index is 12.3. The van der Waals surface area contributed by atoms with E-state index < -0.39 is 6.04 Å². The highest BCUT2D eigenvalue weighted by atomic mass is 35.5. The summed E-state index contributed by atoms with van der Waals surface area (Å²) in [6.07, 6.45) is 1.47. The molecule has 1 N–H and O–H groups in total. The number of nitrogens with one attached hydrogen (secondary N) is 1. The van der Waals surface area contributed by atoms with E-state index in [9.17, 15) is 9.59 Å². The highest BCUT2D eigenvalue weighted by Crippen LogP contribution is 2.18. The lowest BCUT2D eigenvalue weighted by Crippen LogP contribution is -2.31. The first-order valence-corrected chi connectivity index (χ1v) is 7.02. The number of nitrogens with zero attached hydrogens (tertiary/aromatic N) is 1.